The number of hydrogen-bond acceptors (Lipinski definition) is 3. The van der Waals surface area contributed by atoms with Crippen molar-refractivity contribution in [2.75, 3.05) is 6.61 Å². The number of ether oxygens (including phenoxy) is 2. The third-order valence-electron chi connectivity index (χ3n) is 2.41. The van der Waals surface area contributed by atoms with Gasteiger partial charge in [0, 0.05) is 5.56 Å². The molecule has 18 heavy (non-hydrogen) atoms. The molecule has 0 saturated heterocycles. The fraction of sp³-hybridized carbons (Fsp3) is 0.533. The number of ketones is 1. The van der Waals surface area contributed by atoms with Crippen molar-refractivity contribution in [3.63, 3.8) is 0 Å². The smallest absolute Gasteiger partial charge is 0.169 e. The summed E-state index contributed by atoms with van der Waals surface area (Å²) in [7, 11) is 0. The summed E-state index contributed by atoms with van der Waals surface area (Å²) in [6.45, 7) is 11.7. The molecular weight excluding hydrogens is 228 g/mol. The Bertz CT molecular complexity index is 372. The Morgan fingerprint density at radius 2 is 1.83 bits per heavy atom. The first-order valence-corrected chi connectivity index (χ1v) is 6.45. The number of hydrogen-bond donors (Lipinski definition) is 0. The van der Waals surface area contributed by atoms with Crippen molar-refractivity contribution in [1.82, 2.24) is 0 Å². The summed E-state index contributed by atoms with van der Waals surface area (Å²) in [5, 5.41) is 0. The van der Waals surface area contributed by atoms with Gasteiger partial charge in [0.1, 0.15) is 11.5 Å². The van der Waals surface area contributed by atoms with Crippen LogP contribution in [-0.2, 0) is 4.79 Å². The van der Waals surface area contributed by atoms with Gasteiger partial charge in [-0.15, -0.1) is 0 Å². The molecule has 1 rings (SSSR count). The van der Waals surface area contributed by atoms with E-state index in [9.17, 15) is 4.79 Å². The SMILES string of the molecule is CC.CCOc1cccc(OC(C)C(C)=O)c1C. The zero-order valence-electron chi connectivity index (χ0n) is 12.2. The number of rotatable bonds is 5. The van der Waals surface area contributed by atoms with Crippen LogP contribution in [0.4, 0.5) is 0 Å². The first-order valence-electron chi connectivity index (χ1n) is 6.45. The summed E-state index contributed by atoms with van der Waals surface area (Å²) in [5.41, 5.74) is 0.928. The van der Waals surface area contributed by atoms with Crippen molar-refractivity contribution < 1.29 is 14.3 Å². The standard InChI is InChI=1S/C13H18O3.C2H6/c1-5-15-12-7-6-8-13(9(12)2)16-11(4)10(3)14;1-2/h6-8,11H,5H2,1-4H3;1-2H3. The Hall–Kier alpha value is -1.51. The average molecular weight is 252 g/mol. The van der Waals surface area contributed by atoms with Crippen LogP contribution in [0.3, 0.4) is 0 Å². The van der Waals surface area contributed by atoms with Crippen molar-refractivity contribution in [2.24, 2.45) is 0 Å². The lowest BCUT2D eigenvalue weighted by molar-refractivity contribution is -0.122. The molecule has 0 bridgehead atoms. The van der Waals surface area contributed by atoms with Gasteiger partial charge in [-0.3, -0.25) is 4.79 Å². The second-order valence-electron chi connectivity index (χ2n) is 3.68. The minimum absolute atomic E-state index is 0.0150. The Kier molecular flexibility index (Phi) is 7.84. The molecule has 0 aromatic heterocycles. The van der Waals surface area contributed by atoms with Gasteiger partial charge in [0.2, 0.25) is 0 Å². The summed E-state index contributed by atoms with van der Waals surface area (Å²) in [5.74, 6) is 1.52. The lowest BCUT2D eigenvalue weighted by atomic mass is 10.2. The van der Waals surface area contributed by atoms with E-state index in [0.717, 1.165) is 11.3 Å². The zero-order chi connectivity index (χ0) is 14.1. The molecule has 0 amide bonds. The van der Waals surface area contributed by atoms with E-state index in [0.29, 0.717) is 12.4 Å². The molecule has 0 aliphatic carbocycles. The van der Waals surface area contributed by atoms with Crippen LogP contribution in [0.25, 0.3) is 0 Å². The normalized spacial score (nSPS) is 11.0. The number of Topliss-reactive ketones (excluding diaryl/α,β-unsaturated/α-hetero) is 1. The molecule has 0 fully saturated rings. The molecule has 0 radical (unpaired) electrons. The third kappa shape index (κ3) is 4.78. The molecule has 0 spiro atoms. The van der Waals surface area contributed by atoms with Crippen LogP contribution >= 0.6 is 0 Å². The molecule has 0 N–H and O–H groups in total. The quantitative estimate of drug-likeness (QED) is 0.800. The maximum Gasteiger partial charge on any atom is 0.169 e. The first-order chi connectivity index (χ1) is 8.56. The van der Waals surface area contributed by atoms with Crippen molar-refractivity contribution in [3.8, 4) is 11.5 Å². The molecule has 102 valence electrons. The van der Waals surface area contributed by atoms with Crippen LogP contribution < -0.4 is 9.47 Å². The van der Waals surface area contributed by atoms with Crippen LogP contribution in [0, 0.1) is 6.92 Å². The van der Waals surface area contributed by atoms with Gasteiger partial charge in [-0.1, -0.05) is 19.9 Å². The second-order valence-corrected chi connectivity index (χ2v) is 3.68. The van der Waals surface area contributed by atoms with Gasteiger partial charge in [0.15, 0.2) is 11.9 Å². The average Bonchev–Trinajstić information content (AvgIpc) is 2.36. The highest BCUT2D eigenvalue weighted by Gasteiger charge is 2.12. The maximum atomic E-state index is 11.1. The highest BCUT2D eigenvalue weighted by molar-refractivity contribution is 5.80. The van der Waals surface area contributed by atoms with E-state index < -0.39 is 6.10 Å². The predicted molar refractivity (Wildman–Crippen MR) is 74.5 cm³/mol. The molecule has 0 heterocycles. The van der Waals surface area contributed by atoms with Crippen LogP contribution in [0.15, 0.2) is 18.2 Å². The van der Waals surface area contributed by atoms with Crippen molar-refractivity contribution >= 4 is 5.78 Å². The van der Waals surface area contributed by atoms with Crippen molar-refractivity contribution in [2.45, 2.75) is 47.6 Å². The van der Waals surface area contributed by atoms with Crippen LogP contribution in [0.2, 0.25) is 0 Å². The predicted octanol–water partition coefficient (Wildman–Crippen LogP) is 3.78. The number of carbonyl (C=O) groups excluding carboxylic acids is 1. The van der Waals surface area contributed by atoms with Gasteiger partial charge in [-0.05, 0) is 39.8 Å². The summed E-state index contributed by atoms with van der Waals surface area (Å²) >= 11 is 0. The maximum absolute atomic E-state index is 11.1. The summed E-state index contributed by atoms with van der Waals surface area (Å²) in [4.78, 5) is 11.1. The first kappa shape index (κ1) is 16.5. The minimum atomic E-state index is -0.421. The molecule has 1 unspecified atom stereocenters. The van der Waals surface area contributed by atoms with E-state index >= 15 is 0 Å². The molecule has 1 aromatic rings. The lowest BCUT2D eigenvalue weighted by Gasteiger charge is -2.15. The molecular formula is C15H24O3. The lowest BCUT2D eigenvalue weighted by Crippen LogP contribution is -2.21. The third-order valence-corrected chi connectivity index (χ3v) is 2.41. The summed E-state index contributed by atoms with van der Waals surface area (Å²) in [6.07, 6.45) is -0.421. The van der Waals surface area contributed by atoms with E-state index in [2.05, 4.69) is 0 Å². The number of carbonyl (C=O) groups is 1. The fourth-order valence-corrected chi connectivity index (χ4v) is 1.31. The van der Waals surface area contributed by atoms with E-state index in [1.165, 1.54) is 6.92 Å². The largest absolute Gasteiger partial charge is 0.493 e. The van der Waals surface area contributed by atoms with Gasteiger partial charge in [-0.2, -0.15) is 0 Å². The van der Waals surface area contributed by atoms with Gasteiger partial charge in [0.05, 0.1) is 6.61 Å². The number of benzene rings is 1. The second kappa shape index (κ2) is 8.56. The molecule has 0 saturated carbocycles. The van der Waals surface area contributed by atoms with E-state index in [-0.39, 0.29) is 5.78 Å². The monoisotopic (exact) mass is 252 g/mol. The molecule has 1 atom stereocenters. The topological polar surface area (TPSA) is 35.5 Å². The molecule has 0 aliphatic rings. The fourth-order valence-electron chi connectivity index (χ4n) is 1.31. The zero-order valence-corrected chi connectivity index (χ0v) is 12.2. The van der Waals surface area contributed by atoms with Crippen LogP contribution in [0.5, 0.6) is 11.5 Å². The van der Waals surface area contributed by atoms with Crippen molar-refractivity contribution in [3.05, 3.63) is 23.8 Å². The van der Waals surface area contributed by atoms with E-state index in [4.69, 9.17) is 9.47 Å². The van der Waals surface area contributed by atoms with Crippen LogP contribution in [0.1, 0.15) is 40.2 Å². The summed E-state index contributed by atoms with van der Waals surface area (Å²) in [6, 6.07) is 5.60. The molecule has 0 aliphatic heterocycles. The highest BCUT2D eigenvalue weighted by Crippen LogP contribution is 2.28. The minimum Gasteiger partial charge on any atom is -0.493 e. The van der Waals surface area contributed by atoms with Crippen molar-refractivity contribution in [1.29, 1.82) is 0 Å². The Morgan fingerprint density at radius 1 is 1.28 bits per heavy atom. The highest BCUT2D eigenvalue weighted by atomic mass is 16.5. The van der Waals surface area contributed by atoms with E-state index in [1.807, 2.05) is 45.9 Å². The molecule has 3 nitrogen and oxygen atoms in total. The van der Waals surface area contributed by atoms with Gasteiger partial charge in [-0.25, -0.2) is 0 Å². The van der Waals surface area contributed by atoms with Crippen LogP contribution in [-0.4, -0.2) is 18.5 Å². The van der Waals surface area contributed by atoms with Gasteiger partial charge >= 0.3 is 0 Å². The summed E-state index contributed by atoms with van der Waals surface area (Å²) < 4.78 is 11.0. The Balaban J connectivity index is 0.00000137. The Labute approximate surface area is 110 Å². The molecule has 1 aromatic carbocycles. The van der Waals surface area contributed by atoms with Gasteiger partial charge < -0.3 is 9.47 Å². The Morgan fingerprint density at radius 3 is 2.33 bits per heavy atom. The van der Waals surface area contributed by atoms with Gasteiger partial charge in [0.25, 0.3) is 0 Å². The molecule has 3 heteroatoms. The van der Waals surface area contributed by atoms with E-state index in [1.54, 1.807) is 6.92 Å².